The monoisotopic (exact) mass is 441 g/mol. The predicted octanol–water partition coefficient (Wildman–Crippen LogP) is 4.62. The summed E-state index contributed by atoms with van der Waals surface area (Å²) in [6, 6.07) is 22.0. The van der Waals surface area contributed by atoms with Crippen LogP contribution < -0.4 is 14.4 Å². The summed E-state index contributed by atoms with van der Waals surface area (Å²) in [6.45, 7) is 0.991. The van der Waals surface area contributed by atoms with E-state index in [9.17, 15) is 4.79 Å². The molecule has 1 amide bonds. The first kappa shape index (κ1) is 21.1. The third-order valence-electron chi connectivity index (χ3n) is 6.25. The third-order valence-corrected chi connectivity index (χ3v) is 6.25. The number of fused-ring (bicyclic) bond motifs is 2. The number of ether oxygens (including phenoxy) is 2. The number of anilines is 1. The highest BCUT2D eigenvalue weighted by Gasteiger charge is 2.24. The van der Waals surface area contributed by atoms with Crippen LogP contribution in [0.3, 0.4) is 0 Å². The first-order chi connectivity index (χ1) is 16.2. The van der Waals surface area contributed by atoms with Gasteiger partial charge in [0, 0.05) is 18.7 Å². The summed E-state index contributed by atoms with van der Waals surface area (Å²) in [5.41, 5.74) is 5.16. The summed E-state index contributed by atoms with van der Waals surface area (Å²) in [7, 11) is 3.26. The Morgan fingerprint density at radius 3 is 2.61 bits per heavy atom. The van der Waals surface area contributed by atoms with Crippen molar-refractivity contribution in [3.05, 3.63) is 83.7 Å². The van der Waals surface area contributed by atoms with Crippen LogP contribution >= 0.6 is 0 Å². The van der Waals surface area contributed by atoms with E-state index in [1.807, 2.05) is 70.1 Å². The second-order valence-electron chi connectivity index (χ2n) is 8.25. The number of nitrogens with zero attached hydrogens (tertiary/aromatic N) is 3. The maximum Gasteiger partial charge on any atom is 0.246 e. The van der Waals surface area contributed by atoms with E-state index >= 15 is 0 Å². The molecule has 3 aromatic carbocycles. The van der Waals surface area contributed by atoms with E-state index in [1.54, 1.807) is 14.2 Å². The fraction of sp³-hybridized carbons (Fsp3) is 0.259. The van der Waals surface area contributed by atoms with Gasteiger partial charge in [-0.3, -0.25) is 4.79 Å². The Bertz CT molecular complexity index is 1310. The van der Waals surface area contributed by atoms with Gasteiger partial charge in [0.25, 0.3) is 0 Å². The highest BCUT2D eigenvalue weighted by molar-refractivity contribution is 5.95. The number of hydrogen-bond acceptors (Lipinski definition) is 4. The number of aryl methyl sites for hydroxylation is 1. The zero-order valence-electron chi connectivity index (χ0n) is 19.0. The van der Waals surface area contributed by atoms with Gasteiger partial charge >= 0.3 is 0 Å². The summed E-state index contributed by atoms with van der Waals surface area (Å²) in [6.07, 6.45) is 2.57. The summed E-state index contributed by atoms with van der Waals surface area (Å²) in [4.78, 5) is 20.3. The lowest BCUT2D eigenvalue weighted by Crippen LogP contribution is -2.38. The van der Waals surface area contributed by atoms with Crippen molar-refractivity contribution in [1.29, 1.82) is 0 Å². The molecule has 0 N–H and O–H groups in total. The number of carbonyl (C=O) groups excluding carboxylic acids is 1. The van der Waals surface area contributed by atoms with E-state index in [1.165, 1.54) is 5.56 Å². The molecule has 33 heavy (non-hydrogen) atoms. The van der Waals surface area contributed by atoms with E-state index in [0.29, 0.717) is 17.9 Å². The van der Waals surface area contributed by atoms with Crippen molar-refractivity contribution in [3.8, 4) is 11.5 Å². The third kappa shape index (κ3) is 4.04. The highest BCUT2D eigenvalue weighted by atomic mass is 16.5. The van der Waals surface area contributed by atoms with Crippen molar-refractivity contribution in [1.82, 2.24) is 9.55 Å². The molecule has 0 atom stereocenters. The number of carbonyl (C=O) groups is 1. The topological polar surface area (TPSA) is 56.6 Å². The molecule has 2 heterocycles. The van der Waals surface area contributed by atoms with E-state index in [0.717, 1.165) is 47.5 Å². The van der Waals surface area contributed by atoms with Gasteiger partial charge < -0.3 is 18.9 Å². The van der Waals surface area contributed by atoms with Crippen molar-refractivity contribution in [2.75, 3.05) is 25.7 Å². The van der Waals surface area contributed by atoms with Crippen LogP contribution in [-0.2, 0) is 24.2 Å². The maximum atomic E-state index is 13.5. The lowest BCUT2D eigenvalue weighted by Gasteiger charge is -2.29. The summed E-state index contributed by atoms with van der Waals surface area (Å²) in [5.74, 6) is 2.30. The van der Waals surface area contributed by atoms with Crippen LogP contribution in [-0.4, -0.2) is 36.2 Å². The maximum absolute atomic E-state index is 13.5. The molecule has 0 saturated carbocycles. The van der Waals surface area contributed by atoms with E-state index < -0.39 is 0 Å². The molecule has 0 aliphatic carbocycles. The molecule has 168 valence electrons. The standard InChI is InChI=1S/C27H27N3O3/c1-32-24-14-13-19(16-25(24)33-2)17-26-28-21-10-4-6-12-23(21)30(26)18-27(31)29-15-7-9-20-8-3-5-11-22(20)29/h3-6,8,10-14,16H,7,9,15,17-18H2,1-2H3. The average Bonchev–Trinajstić information content (AvgIpc) is 3.20. The minimum atomic E-state index is 0.0823. The molecule has 4 aromatic rings. The van der Waals surface area contributed by atoms with Gasteiger partial charge in [-0.05, 0) is 54.3 Å². The molecule has 0 unspecified atom stereocenters. The molecular weight excluding hydrogens is 414 g/mol. The normalized spacial score (nSPS) is 13.1. The first-order valence-electron chi connectivity index (χ1n) is 11.2. The van der Waals surface area contributed by atoms with Crippen molar-refractivity contribution < 1.29 is 14.3 Å². The fourth-order valence-corrected chi connectivity index (χ4v) is 4.62. The number of imidazole rings is 1. The van der Waals surface area contributed by atoms with Gasteiger partial charge in [0.15, 0.2) is 11.5 Å². The number of benzene rings is 3. The molecule has 1 aliphatic heterocycles. The number of hydrogen-bond donors (Lipinski definition) is 0. The van der Waals surface area contributed by atoms with E-state index in [-0.39, 0.29) is 12.5 Å². The number of rotatable bonds is 6. The molecule has 0 bridgehead atoms. The average molecular weight is 442 g/mol. The molecule has 1 aliphatic rings. The van der Waals surface area contributed by atoms with Crippen LogP contribution in [0.25, 0.3) is 11.0 Å². The van der Waals surface area contributed by atoms with Gasteiger partial charge in [-0.2, -0.15) is 0 Å². The summed E-state index contributed by atoms with van der Waals surface area (Å²) < 4.78 is 12.9. The van der Waals surface area contributed by atoms with E-state index in [4.69, 9.17) is 14.5 Å². The van der Waals surface area contributed by atoms with Gasteiger partial charge in [-0.1, -0.05) is 36.4 Å². The number of amides is 1. The summed E-state index contributed by atoms with van der Waals surface area (Å²) >= 11 is 0. The Morgan fingerprint density at radius 2 is 1.76 bits per heavy atom. The molecule has 0 radical (unpaired) electrons. The highest BCUT2D eigenvalue weighted by Crippen LogP contribution is 2.30. The second kappa shape index (κ2) is 8.98. The van der Waals surface area contributed by atoms with Gasteiger partial charge in [-0.15, -0.1) is 0 Å². The predicted molar refractivity (Wildman–Crippen MR) is 129 cm³/mol. The minimum absolute atomic E-state index is 0.0823. The Kier molecular flexibility index (Phi) is 5.73. The Balaban J connectivity index is 1.49. The van der Waals surface area contributed by atoms with Gasteiger partial charge in [0.1, 0.15) is 12.4 Å². The first-order valence-corrected chi connectivity index (χ1v) is 11.2. The Morgan fingerprint density at radius 1 is 0.970 bits per heavy atom. The van der Waals surface area contributed by atoms with Crippen molar-refractivity contribution in [2.24, 2.45) is 0 Å². The number of para-hydroxylation sites is 3. The van der Waals surface area contributed by atoms with Crippen LogP contribution in [0.5, 0.6) is 11.5 Å². The number of aromatic nitrogens is 2. The van der Waals surface area contributed by atoms with Crippen LogP contribution in [0, 0.1) is 0 Å². The van der Waals surface area contributed by atoms with Gasteiger partial charge in [0.2, 0.25) is 5.91 Å². The molecule has 5 rings (SSSR count). The van der Waals surface area contributed by atoms with Gasteiger partial charge in [-0.25, -0.2) is 4.98 Å². The molecule has 1 aromatic heterocycles. The molecular formula is C27H27N3O3. The lowest BCUT2D eigenvalue weighted by atomic mass is 10.0. The fourth-order valence-electron chi connectivity index (χ4n) is 4.62. The quantitative estimate of drug-likeness (QED) is 0.438. The summed E-state index contributed by atoms with van der Waals surface area (Å²) in [5, 5.41) is 0. The smallest absolute Gasteiger partial charge is 0.246 e. The number of methoxy groups -OCH3 is 2. The molecule has 0 saturated heterocycles. The SMILES string of the molecule is COc1ccc(Cc2nc3ccccc3n2CC(=O)N2CCCc3ccccc32)cc1OC. The van der Waals surface area contributed by atoms with Crippen LogP contribution in [0.2, 0.25) is 0 Å². The van der Waals surface area contributed by atoms with E-state index in [2.05, 4.69) is 6.07 Å². The molecule has 6 heteroatoms. The van der Waals surface area contributed by atoms with Crippen molar-refractivity contribution >= 4 is 22.6 Å². The molecule has 0 fully saturated rings. The Hall–Kier alpha value is -3.80. The van der Waals surface area contributed by atoms with Crippen LogP contribution in [0.15, 0.2) is 66.7 Å². The zero-order valence-corrected chi connectivity index (χ0v) is 19.0. The lowest BCUT2D eigenvalue weighted by molar-refractivity contribution is -0.119. The van der Waals surface area contributed by atoms with Crippen molar-refractivity contribution in [2.45, 2.75) is 25.8 Å². The van der Waals surface area contributed by atoms with Crippen LogP contribution in [0.1, 0.15) is 23.4 Å². The van der Waals surface area contributed by atoms with Crippen LogP contribution in [0.4, 0.5) is 5.69 Å². The van der Waals surface area contributed by atoms with Gasteiger partial charge in [0.05, 0.1) is 25.3 Å². The zero-order chi connectivity index (χ0) is 22.8. The largest absolute Gasteiger partial charge is 0.493 e. The second-order valence-corrected chi connectivity index (χ2v) is 8.25. The molecule has 0 spiro atoms. The van der Waals surface area contributed by atoms with Crippen molar-refractivity contribution in [3.63, 3.8) is 0 Å². The minimum Gasteiger partial charge on any atom is -0.493 e. The molecule has 6 nitrogen and oxygen atoms in total. The Labute approximate surface area is 193 Å².